The second-order valence-electron chi connectivity index (χ2n) is 6.60. The Bertz CT molecular complexity index is 923. The van der Waals surface area contributed by atoms with Gasteiger partial charge in [-0.1, -0.05) is 25.3 Å². The molecular formula is C23H26O6. The van der Waals surface area contributed by atoms with Crippen LogP contribution < -0.4 is 9.47 Å². The highest BCUT2D eigenvalue weighted by molar-refractivity contribution is 5.89. The molecule has 0 aromatic heterocycles. The maximum absolute atomic E-state index is 11.4. The number of rotatable bonds is 10. The third-order valence-electron chi connectivity index (χ3n) is 4.07. The van der Waals surface area contributed by atoms with E-state index in [9.17, 15) is 9.59 Å². The Labute approximate surface area is 170 Å². The van der Waals surface area contributed by atoms with Crippen LogP contribution in [0.15, 0.2) is 54.6 Å². The van der Waals surface area contributed by atoms with Gasteiger partial charge in [0.2, 0.25) is 0 Å². The average Bonchev–Trinajstić information content (AvgIpc) is 2.69. The second kappa shape index (κ2) is 10.3. The molecule has 0 amide bonds. The summed E-state index contributed by atoms with van der Waals surface area (Å²) in [7, 11) is 0. The molecule has 0 atom stereocenters. The van der Waals surface area contributed by atoms with Gasteiger partial charge in [0.25, 0.3) is 0 Å². The smallest absolute Gasteiger partial charge is 0.333 e. The summed E-state index contributed by atoms with van der Waals surface area (Å²) >= 11 is 0. The number of carbonyl (C=O) groups is 2. The predicted molar refractivity (Wildman–Crippen MR) is 111 cm³/mol. The molecule has 0 unspecified atom stereocenters. The Kier molecular flexibility index (Phi) is 7.83. The maximum Gasteiger partial charge on any atom is 0.333 e. The lowest BCUT2D eigenvalue weighted by Crippen LogP contribution is -2.13. The van der Waals surface area contributed by atoms with Crippen molar-refractivity contribution in [2.75, 3.05) is 26.4 Å². The second-order valence-corrected chi connectivity index (χ2v) is 6.60. The van der Waals surface area contributed by atoms with E-state index in [-0.39, 0.29) is 26.4 Å². The van der Waals surface area contributed by atoms with Gasteiger partial charge < -0.3 is 18.9 Å². The summed E-state index contributed by atoms with van der Waals surface area (Å²) in [6, 6.07) is 9.57. The molecular weight excluding hydrogens is 372 g/mol. The van der Waals surface area contributed by atoms with Crippen molar-refractivity contribution in [2.45, 2.75) is 20.8 Å². The summed E-state index contributed by atoms with van der Waals surface area (Å²) in [5.74, 6) is 0.508. The van der Waals surface area contributed by atoms with Crippen molar-refractivity contribution in [3.63, 3.8) is 0 Å². The zero-order valence-corrected chi connectivity index (χ0v) is 17.1. The van der Waals surface area contributed by atoms with Gasteiger partial charge in [-0.2, -0.15) is 0 Å². The van der Waals surface area contributed by atoms with E-state index in [1.165, 1.54) is 0 Å². The highest BCUT2D eigenvalue weighted by Gasteiger charge is 2.08. The van der Waals surface area contributed by atoms with Gasteiger partial charge in [0, 0.05) is 11.1 Å². The van der Waals surface area contributed by atoms with Crippen molar-refractivity contribution in [3.05, 3.63) is 60.2 Å². The predicted octanol–water partition coefficient (Wildman–Crippen LogP) is 4.14. The fourth-order valence-electron chi connectivity index (χ4n) is 2.50. The Morgan fingerprint density at radius 2 is 1.38 bits per heavy atom. The van der Waals surface area contributed by atoms with Crippen molar-refractivity contribution in [3.8, 4) is 11.5 Å². The van der Waals surface area contributed by atoms with E-state index in [1.54, 1.807) is 13.8 Å². The Morgan fingerprint density at radius 1 is 0.828 bits per heavy atom. The number of hydrogen-bond donors (Lipinski definition) is 0. The van der Waals surface area contributed by atoms with E-state index >= 15 is 0 Å². The molecule has 0 spiro atoms. The lowest BCUT2D eigenvalue weighted by molar-refractivity contribution is -0.140. The number of fused-ring (bicyclic) bond motifs is 1. The van der Waals surface area contributed by atoms with Crippen molar-refractivity contribution in [2.24, 2.45) is 0 Å². The minimum Gasteiger partial charge on any atom is -0.490 e. The lowest BCUT2D eigenvalue weighted by atomic mass is 10.0. The first-order valence-corrected chi connectivity index (χ1v) is 9.24. The molecule has 0 aliphatic rings. The molecule has 0 saturated carbocycles. The topological polar surface area (TPSA) is 71.1 Å². The Hall–Kier alpha value is -3.28. The third kappa shape index (κ3) is 6.38. The molecule has 2 aromatic carbocycles. The summed E-state index contributed by atoms with van der Waals surface area (Å²) in [4.78, 5) is 22.8. The van der Waals surface area contributed by atoms with Crippen molar-refractivity contribution in [1.82, 2.24) is 0 Å². The number of esters is 2. The Morgan fingerprint density at radius 3 is 1.97 bits per heavy atom. The molecule has 0 aliphatic heterocycles. The molecule has 0 saturated heterocycles. The minimum atomic E-state index is -0.432. The first kappa shape index (κ1) is 22.0. The summed E-state index contributed by atoms with van der Waals surface area (Å²) in [6.07, 6.45) is 0. The standard InChI is InChI=1S/C23H26O6/c1-15(2)22(24)28-12-10-26-19-8-6-18-7-9-21(17(5)20(18)14-19)27-11-13-29-23(25)16(3)4/h6-9,14H,1,3,10-13H2,2,4-5H3. The number of hydrogen-bond acceptors (Lipinski definition) is 6. The molecule has 29 heavy (non-hydrogen) atoms. The fourth-order valence-corrected chi connectivity index (χ4v) is 2.50. The first-order chi connectivity index (χ1) is 13.8. The van der Waals surface area contributed by atoms with Crippen LogP contribution in [0.25, 0.3) is 10.8 Å². The molecule has 0 fully saturated rings. The monoisotopic (exact) mass is 398 g/mol. The van der Waals surface area contributed by atoms with Crippen LogP contribution in [0.2, 0.25) is 0 Å². The average molecular weight is 398 g/mol. The fraction of sp³-hybridized carbons (Fsp3) is 0.304. The van der Waals surface area contributed by atoms with Crippen LogP contribution in [0.4, 0.5) is 0 Å². The van der Waals surface area contributed by atoms with E-state index in [0.29, 0.717) is 22.6 Å². The number of aryl methyl sites for hydroxylation is 1. The van der Waals surface area contributed by atoms with Crippen LogP contribution in [-0.4, -0.2) is 38.4 Å². The Balaban J connectivity index is 1.97. The summed E-state index contributed by atoms with van der Waals surface area (Å²) in [6.45, 7) is 13.0. The van der Waals surface area contributed by atoms with Gasteiger partial charge in [0.15, 0.2) is 0 Å². The van der Waals surface area contributed by atoms with Crippen molar-refractivity contribution < 1.29 is 28.5 Å². The summed E-state index contributed by atoms with van der Waals surface area (Å²) in [5.41, 5.74) is 1.66. The van der Waals surface area contributed by atoms with E-state index in [0.717, 1.165) is 16.3 Å². The zero-order chi connectivity index (χ0) is 21.4. The van der Waals surface area contributed by atoms with E-state index in [1.807, 2.05) is 37.3 Å². The minimum absolute atomic E-state index is 0.148. The molecule has 0 radical (unpaired) electrons. The largest absolute Gasteiger partial charge is 0.490 e. The van der Waals surface area contributed by atoms with Crippen LogP contribution in [0.5, 0.6) is 11.5 Å². The van der Waals surface area contributed by atoms with Gasteiger partial charge in [0.05, 0.1) is 0 Å². The highest BCUT2D eigenvalue weighted by Crippen LogP contribution is 2.30. The summed E-state index contributed by atoms with van der Waals surface area (Å²) in [5, 5.41) is 2.03. The number of ether oxygens (including phenoxy) is 4. The maximum atomic E-state index is 11.4. The number of carbonyl (C=O) groups excluding carboxylic acids is 2. The van der Waals surface area contributed by atoms with Crippen molar-refractivity contribution in [1.29, 1.82) is 0 Å². The van der Waals surface area contributed by atoms with E-state index < -0.39 is 11.9 Å². The van der Waals surface area contributed by atoms with Crippen molar-refractivity contribution >= 4 is 22.7 Å². The van der Waals surface area contributed by atoms with Crippen LogP contribution >= 0.6 is 0 Å². The van der Waals surface area contributed by atoms with Crippen LogP contribution in [-0.2, 0) is 19.1 Å². The molecule has 2 aromatic rings. The molecule has 6 heteroatoms. The normalized spacial score (nSPS) is 10.3. The molecule has 0 N–H and O–H groups in total. The molecule has 0 heterocycles. The van der Waals surface area contributed by atoms with Gasteiger partial charge in [-0.05, 0) is 55.3 Å². The first-order valence-electron chi connectivity index (χ1n) is 9.24. The molecule has 0 bridgehead atoms. The zero-order valence-electron chi connectivity index (χ0n) is 17.1. The van der Waals surface area contributed by atoms with Crippen LogP contribution in [0.3, 0.4) is 0 Å². The van der Waals surface area contributed by atoms with Gasteiger partial charge in [-0.3, -0.25) is 0 Å². The molecule has 2 rings (SSSR count). The molecule has 6 nitrogen and oxygen atoms in total. The van der Waals surface area contributed by atoms with Gasteiger partial charge in [-0.25, -0.2) is 9.59 Å². The third-order valence-corrected chi connectivity index (χ3v) is 4.07. The van der Waals surface area contributed by atoms with Gasteiger partial charge >= 0.3 is 11.9 Å². The van der Waals surface area contributed by atoms with Gasteiger partial charge in [-0.15, -0.1) is 0 Å². The highest BCUT2D eigenvalue weighted by atomic mass is 16.6. The quantitative estimate of drug-likeness (QED) is 0.340. The molecule has 154 valence electrons. The van der Waals surface area contributed by atoms with E-state index in [4.69, 9.17) is 18.9 Å². The van der Waals surface area contributed by atoms with Crippen LogP contribution in [0.1, 0.15) is 19.4 Å². The summed E-state index contributed by atoms with van der Waals surface area (Å²) < 4.78 is 21.5. The SMILES string of the molecule is C=C(C)C(=O)OCCOc1ccc2ccc(OCCOC(=O)C(=C)C)c(C)c2c1. The number of benzene rings is 2. The van der Waals surface area contributed by atoms with Crippen LogP contribution in [0, 0.1) is 6.92 Å². The molecule has 0 aliphatic carbocycles. The van der Waals surface area contributed by atoms with Gasteiger partial charge in [0.1, 0.15) is 37.9 Å². The van der Waals surface area contributed by atoms with E-state index in [2.05, 4.69) is 13.2 Å². The lowest BCUT2D eigenvalue weighted by Gasteiger charge is -2.13.